The Morgan fingerprint density at radius 3 is 0.952 bits per heavy atom. The molecule has 0 N–H and O–H groups in total. The molecule has 9 aromatic carbocycles. The summed E-state index contributed by atoms with van der Waals surface area (Å²) in [5.74, 6) is 3.52. The second-order valence-corrected chi connectivity index (χ2v) is 23.6. The number of benzene rings is 9. The van der Waals surface area contributed by atoms with Crippen molar-refractivity contribution in [1.82, 2.24) is 29.1 Å². The first kappa shape index (κ1) is 51.0. The average Bonchev–Trinajstić information content (AvgIpc) is 3.08. The van der Waals surface area contributed by atoms with E-state index in [1.54, 1.807) is 0 Å². The van der Waals surface area contributed by atoms with E-state index in [1.165, 1.54) is 0 Å². The maximum absolute atomic E-state index is 7.00. The first-order valence-corrected chi connectivity index (χ1v) is 30.7. The summed E-state index contributed by atoms with van der Waals surface area (Å²) in [5.41, 5.74) is 12.4. The van der Waals surface area contributed by atoms with E-state index in [0.29, 0.717) is 34.5 Å². The maximum atomic E-state index is 7.00. The Bertz CT molecular complexity index is 4620. The topological polar surface area (TPSA) is 117 Å². The number of aryl methyl sites for hydroxylation is 4. The lowest BCUT2D eigenvalue weighted by Gasteiger charge is -2.19. The van der Waals surface area contributed by atoms with Crippen LogP contribution >= 0.6 is 0 Å². The Hall–Kier alpha value is -9.92. The van der Waals surface area contributed by atoms with Crippen molar-refractivity contribution in [3.8, 4) is 45.9 Å². The number of pyridine rings is 4. The molecule has 0 bridgehead atoms. The van der Waals surface area contributed by atoms with Gasteiger partial charge in [-0.2, -0.15) is 0 Å². The van der Waals surface area contributed by atoms with E-state index >= 15 is 0 Å². The van der Waals surface area contributed by atoms with Crippen LogP contribution in [0.25, 0.3) is 98.6 Å². The van der Waals surface area contributed by atoms with E-state index < -0.39 is 30.3 Å². The first-order chi connectivity index (χ1) is 41.2. The third kappa shape index (κ3) is 9.47. The van der Waals surface area contributed by atoms with Crippen LogP contribution in [-0.2, 0) is 0 Å². The van der Waals surface area contributed by atoms with Gasteiger partial charge < -0.3 is 31.9 Å². The Morgan fingerprint density at radius 2 is 0.595 bits per heavy atom. The highest BCUT2D eigenvalue weighted by Crippen LogP contribution is 2.39. The Kier molecular flexibility index (Phi) is 12.8. The molecular formula is C70H50Al2N6O6. The van der Waals surface area contributed by atoms with Gasteiger partial charge in [-0.15, -0.1) is 0 Å². The van der Waals surface area contributed by atoms with E-state index in [4.69, 9.17) is 42.7 Å². The summed E-state index contributed by atoms with van der Waals surface area (Å²) in [6, 6.07) is 78.0. The van der Waals surface area contributed by atoms with Crippen LogP contribution in [0.2, 0.25) is 0 Å². The van der Waals surface area contributed by atoms with E-state index in [1.807, 2.05) is 137 Å². The molecule has 15 aromatic rings. The highest BCUT2D eigenvalue weighted by atomic mass is 27.3. The fourth-order valence-corrected chi connectivity index (χ4v) is 14.0. The Morgan fingerprint density at radius 1 is 0.274 bits per heavy atom. The fraction of sp³-hybridized carbons (Fsp3) is 0.0571. The van der Waals surface area contributed by atoms with Crippen LogP contribution < -0.4 is 22.7 Å². The highest BCUT2D eigenvalue weighted by Gasteiger charge is 2.47. The van der Waals surface area contributed by atoms with E-state index in [0.717, 1.165) is 121 Å². The van der Waals surface area contributed by atoms with Gasteiger partial charge in [0.15, 0.2) is 0 Å². The number of aromatic nitrogens is 6. The van der Waals surface area contributed by atoms with Crippen LogP contribution in [0, 0.1) is 27.7 Å². The molecule has 0 aliphatic heterocycles. The zero-order valence-corrected chi connectivity index (χ0v) is 48.5. The zero-order chi connectivity index (χ0) is 56.4. The molecule has 12 nitrogen and oxygen atoms in total. The predicted molar refractivity (Wildman–Crippen MR) is 336 cm³/mol. The molecule has 0 aliphatic rings. The molecule has 0 radical (unpaired) electrons. The van der Waals surface area contributed by atoms with Crippen molar-refractivity contribution in [2.75, 3.05) is 0 Å². The molecule has 402 valence electrons. The van der Waals surface area contributed by atoms with Gasteiger partial charge in [0, 0.05) is 89.4 Å². The Balaban J connectivity index is 0.825. The minimum atomic E-state index is -3.15. The van der Waals surface area contributed by atoms with Gasteiger partial charge in [0.05, 0.1) is 33.6 Å². The molecule has 0 atom stereocenters. The molecule has 84 heavy (non-hydrogen) atoms. The third-order valence-corrected chi connectivity index (χ3v) is 18.0. The number of fused-ring (bicyclic) bond motifs is 10. The van der Waals surface area contributed by atoms with Crippen LogP contribution in [0.5, 0.6) is 34.5 Å². The number of rotatable bonds is 14. The standard InChI is InChI=1S/C30H20N2O2.4C10H9NO.2Al/c33-21-12-14-25-23-8-1-3-10-27(23)31(29(25)17-21)19-6-5-7-20(16-19)32-28-11-4-2-9-24(28)26-15-13-22(34)18-30(26)32;4*1-7-5-6-8-3-2-4-9(12)10(8)11-7;;/h1-18,33-34H;4*2-6,12H,1H3;;/q;;;;;2*+3/p-6. The van der Waals surface area contributed by atoms with Gasteiger partial charge in [0.2, 0.25) is 0 Å². The molecule has 0 fully saturated rings. The molecule has 15 rings (SSSR count). The number of hydrogen-bond acceptors (Lipinski definition) is 10. The minimum Gasteiger partial charge on any atom is -0.577 e. The lowest BCUT2D eigenvalue weighted by Crippen LogP contribution is -2.37. The van der Waals surface area contributed by atoms with E-state index in [9.17, 15) is 0 Å². The highest BCUT2D eigenvalue weighted by molar-refractivity contribution is 6.40. The van der Waals surface area contributed by atoms with Gasteiger partial charge in [0.1, 0.15) is 45.1 Å². The molecule has 0 spiro atoms. The summed E-state index contributed by atoms with van der Waals surface area (Å²) in [5, 5.41) is 8.16. The van der Waals surface area contributed by atoms with Gasteiger partial charge in [0.25, 0.3) is 0 Å². The number of nitrogens with zero attached hydrogens (tertiary/aromatic N) is 6. The maximum Gasteiger partial charge on any atom is 1.20 e. The summed E-state index contributed by atoms with van der Waals surface area (Å²) in [7, 11) is 0. The van der Waals surface area contributed by atoms with Crippen LogP contribution in [0.3, 0.4) is 0 Å². The smallest absolute Gasteiger partial charge is 0.577 e. The molecular weight excluding hydrogens is 1070 g/mol. The summed E-state index contributed by atoms with van der Waals surface area (Å²) in [6.45, 7) is 7.91. The molecule has 6 aromatic heterocycles. The Labute approximate surface area is 493 Å². The molecule has 14 heteroatoms. The summed E-state index contributed by atoms with van der Waals surface area (Å²) in [4.78, 5) is 19.6. The van der Waals surface area contributed by atoms with E-state index in [2.05, 4.69) is 130 Å². The van der Waals surface area contributed by atoms with Crippen LogP contribution in [0.4, 0.5) is 0 Å². The van der Waals surface area contributed by atoms with Crippen molar-refractivity contribution in [3.05, 3.63) is 253 Å². The number of hydrogen-bond donors (Lipinski definition) is 0. The van der Waals surface area contributed by atoms with Crippen molar-refractivity contribution in [2.45, 2.75) is 27.7 Å². The monoisotopic (exact) mass is 1120 g/mol. The van der Waals surface area contributed by atoms with Gasteiger partial charge >= 0.3 is 30.3 Å². The lowest BCUT2D eigenvalue weighted by atomic mass is 10.1. The first-order valence-electron chi connectivity index (χ1n) is 27.8. The van der Waals surface area contributed by atoms with Gasteiger partial charge in [-0.05, 0) is 131 Å². The fourth-order valence-electron chi connectivity index (χ4n) is 11.4. The number of para-hydroxylation sites is 6. The third-order valence-electron chi connectivity index (χ3n) is 15.3. The second kappa shape index (κ2) is 21.1. The van der Waals surface area contributed by atoms with Crippen molar-refractivity contribution >= 4 is 118 Å². The molecule has 0 amide bonds. The minimum absolute atomic E-state index is 0.582. The quantitative estimate of drug-likeness (QED) is 0.0974. The zero-order valence-electron chi connectivity index (χ0n) is 46.2. The summed E-state index contributed by atoms with van der Waals surface area (Å²) >= 11 is -6.31. The molecule has 0 saturated heterocycles. The summed E-state index contributed by atoms with van der Waals surface area (Å²) < 4.78 is 46.1. The average molecular weight is 1130 g/mol. The molecule has 0 unspecified atom stereocenters. The normalized spacial score (nSPS) is 11.6. The van der Waals surface area contributed by atoms with Crippen molar-refractivity contribution < 1.29 is 22.7 Å². The SMILES string of the molecule is Cc1ccc2cccc([O][Al]([O]c3ccc4c5ccccc5n(-c5cccc(-n6c7ccccc7c7ccc([O][Al]([O]c8cccc9ccc(C)nc89)[O]c8cccc9ccc(C)nc89)cc76)c5)c4c3)[O]c3cccc4ccc(C)nc34)c2n1. The van der Waals surface area contributed by atoms with Gasteiger partial charge in [-0.1, -0.05) is 115 Å². The van der Waals surface area contributed by atoms with Crippen molar-refractivity contribution in [2.24, 2.45) is 0 Å². The second-order valence-electron chi connectivity index (χ2n) is 21.0. The molecule has 6 heterocycles. The summed E-state index contributed by atoms with van der Waals surface area (Å²) in [6.07, 6.45) is 0. The van der Waals surface area contributed by atoms with Crippen LogP contribution in [0.1, 0.15) is 22.8 Å². The van der Waals surface area contributed by atoms with Crippen molar-refractivity contribution in [1.29, 1.82) is 0 Å². The van der Waals surface area contributed by atoms with Crippen LogP contribution in [0.15, 0.2) is 231 Å². The predicted octanol–water partition coefficient (Wildman–Crippen LogP) is 16.4. The van der Waals surface area contributed by atoms with Crippen LogP contribution in [-0.4, -0.2) is 59.4 Å². The van der Waals surface area contributed by atoms with E-state index in [-0.39, 0.29) is 0 Å². The van der Waals surface area contributed by atoms with Gasteiger partial charge in [-0.25, -0.2) is 19.9 Å². The molecule has 0 aliphatic carbocycles. The largest absolute Gasteiger partial charge is 1.20 e. The molecule has 0 saturated carbocycles. The van der Waals surface area contributed by atoms with Crippen molar-refractivity contribution in [3.63, 3.8) is 0 Å². The lowest BCUT2D eigenvalue weighted by molar-refractivity contribution is 0.309. The van der Waals surface area contributed by atoms with Gasteiger partial charge in [-0.3, -0.25) is 0 Å².